The van der Waals surface area contributed by atoms with E-state index < -0.39 is 0 Å². The fourth-order valence-electron chi connectivity index (χ4n) is 1.50. The molecule has 1 rings (SSSR count). The van der Waals surface area contributed by atoms with E-state index in [2.05, 4.69) is 44.5 Å². The highest BCUT2D eigenvalue weighted by Gasteiger charge is 2.15. The van der Waals surface area contributed by atoms with Gasteiger partial charge in [-0.2, -0.15) is 0 Å². The lowest BCUT2D eigenvalue weighted by Crippen LogP contribution is -2.06. The molecule has 0 aliphatic rings. The predicted molar refractivity (Wildman–Crippen MR) is 57.0 cm³/mol. The summed E-state index contributed by atoms with van der Waals surface area (Å²) in [5, 5.41) is 9.10. The second-order valence-corrected chi connectivity index (χ2v) is 3.74. The number of hydrogen-bond acceptors (Lipinski definition) is 2. The molecule has 0 saturated carbocycles. The molecule has 0 aliphatic carbocycles. The van der Waals surface area contributed by atoms with Crippen LogP contribution >= 0.6 is 15.9 Å². The Balaban J connectivity index is 2.93. The SMILES string of the molecule is CCC(CC)c1nnc(CBr)n1C. The molecule has 0 N–H and O–H groups in total. The summed E-state index contributed by atoms with van der Waals surface area (Å²) in [6.07, 6.45) is 2.26. The van der Waals surface area contributed by atoms with Crippen LogP contribution in [-0.4, -0.2) is 14.8 Å². The molecular formula is C9H16BrN3. The van der Waals surface area contributed by atoms with Crippen LogP contribution in [0.3, 0.4) is 0 Å². The molecule has 13 heavy (non-hydrogen) atoms. The van der Waals surface area contributed by atoms with Crippen LogP contribution in [0.15, 0.2) is 0 Å². The van der Waals surface area contributed by atoms with Gasteiger partial charge in [0.05, 0.1) is 5.33 Å². The van der Waals surface area contributed by atoms with Gasteiger partial charge in [0.15, 0.2) is 0 Å². The predicted octanol–water partition coefficient (Wildman–Crippen LogP) is 2.61. The molecule has 0 unspecified atom stereocenters. The molecule has 0 atom stereocenters. The van der Waals surface area contributed by atoms with Gasteiger partial charge in [0, 0.05) is 13.0 Å². The molecule has 3 nitrogen and oxygen atoms in total. The van der Waals surface area contributed by atoms with Crippen molar-refractivity contribution in [2.24, 2.45) is 7.05 Å². The van der Waals surface area contributed by atoms with Crippen molar-refractivity contribution in [2.75, 3.05) is 0 Å². The van der Waals surface area contributed by atoms with Crippen molar-refractivity contribution in [1.82, 2.24) is 14.8 Å². The van der Waals surface area contributed by atoms with Crippen LogP contribution in [0.5, 0.6) is 0 Å². The van der Waals surface area contributed by atoms with Crippen molar-refractivity contribution in [3.63, 3.8) is 0 Å². The molecule has 0 aromatic carbocycles. The van der Waals surface area contributed by atoms with E-state index >= 15 is 0 Å². The third-order valence-corrected chi connectivity index (χ3v) is 2.97. The number of alkyl halides is 1. The average Bonchev–Trinajstić information content (AvgIpc) is 2.50. The molecular weight excluding hydrogens is 230 g/mol. The zero-order chi connectivity index (χ0) is 9.84. The molecule has 0 saturated heterocycles. The quantitative estimate of drug-likeness (QED) is 0.764. The summed E-state index contributed by atoms with van der Waals surface area (Å²) < 4.78 is 2.09. The van der Waals surface area contributed by atoms with Crippen molar-refractivity contribution in [1.29, 1.82) is 0 Å². The highest BCUT2D eigenvalue weighted by molar-refractivity contribution is 9.08. The molecule has 0 spiro atoms. The Labute approximate surface area is 87.7 Å². The lowest BCUT2D eigenvalue weighted by atomic mass is 10.0. The minimum absolute atomic E-state index is 0.547. The van der Waals surface area contributed by atoms with Crippen molar-refractivity contribution in [3.8, 4) is 0 Å². The van der Waals surface area contributed by atoms with E-state index in [-0.39, 0.29) is 0 Å². The maximum absolute atomic E-state index is 4.21. The molecule has 0 amide bonds. The first-order chi connectivity index (χ1) is 6.24. The Morgan fingerprint density at radius 1 is 1.31 bits per heavy atom. The van der Waals surface area contributed by atoms with E-state index in [9.17, 15) is 0 Å². The average molecular weight is 246 g/mol. The molecule has 0 radical (unpaired) electrons. The first-order valence-electron chi connectivity index (χ1n) is 4.68. The lowest BCUT2D eigenvalue weighted by molar-refractivity contribution is 0.573. The third-order valence-electron chi connectivity index (χ3n) is 2.47. The van der Waals surface area contributed by atoms with Crippen LogP contribution in [0.1, 0.15) is 44.3 Å². The molecule has 0 fully saturated rings. The van der Waals surface area contributed by atoms with Crippen molar-refractivity contribution in [3.05, 3.63) is 11.6 Å². The van der Waals surface area contributed by atoms with Gasteiger partial charge in [-0.15, -0.1) is 10.2 Å². The smallest absolute Gasteiger partial charge is 0.143 e. The maximum atomic E-state index is 4.21. The Hall–Kier alpha value is -0.380. The topological polar surface area (TPSA) is 30.7 Å². The summed E-state index contributed by atoms with van der Waals surface area (Å²) in [6, 6.07) is 0. The zero-order valence-corrected chi connectivity index (χ0v) is 10.0. The number of nitrogens with zero attached hydrogens (tertiary/aromatic N) is 3. The largest absolute Gasteiger partial charge is 0.317 e. The standard InChI is InChI=1S/C9H16BrN3/c1-4-7(5-2)9-12-11-8(6-10)13(9)3/h7H,4-6H2,1-3H3. The van der Waals surface area contributed by atoms with Gasteiger partial charge in [0.25, 0.3) is 0 Å². The number of rotatable bonds is 4. The highest BCUT2D eigenvalue weighted by Crippen LogP contribution is 2.21. The van der Waals surface area contributed by atoms with Gasteiger partial charge in [-0.3, -0.25) is 0 Å². The zero-order valence-electron chi connectivity index (χ0n) is 8.42. The van der Waals surface area contributed by atoms with E-state index in [1.165, 1.54) is 0 Å². The van der Waals surface area contributed by atoms with Gasteiger partial charge in [0.1, 0.15) is 11.6 Å². The van der Waals surface area contributed by atoms with Crippen LogP contribution in [0.2, 0.25) is 0 Å². The van der Waals surface area contributed by atoms with Crippen molar-refractivity contribution >= 4 is 15.9 Å². The Bertz CT molecular complexity index is 266. The Morgan fingerprint density at radius 2 is 1.92 bits per heavy atom. The first kappa shape index (κ1) is 10.7. The second kappa shape index (κ2) is 4.74. The molecule has 74 valence electrons. The number of hydrogen-bond donors (Lipinski definition) is 0. The summed E-state index contributed by atoms with van der Waals surface area (Å²) >= 11 is 3.39. The van der Waals surface area contributed by atoms with E-state index in [1.807, 2.05) is 7.05 Å². The molecule has 4 heteroatoms. The molecule has 1 heterocycles. The number of aromatic nitrogens is 3. The summed E-state index contributed by atoms with van der Waals surface area (Å²) in [4.78, 5) is 0. The minimum Gasteiger partial charge on any atom is -0.317 e. The summed E-state index contributed by atoms with van der Waals surface area (Å²) in [6.45, 7) is 4.38. The summed E-state index contributed by atoms with van der Waals surface area (Å²) in [5.74, 6) is 2.66. The molecule has 0 bridgehead atoms. The summed E-state index contributed by atoms with van der Waals surface area (Å²) in [7, 11) is 2.03. The Kier molecular flexibility index (Phi) is 3.90. The monoisotopic (exact) mass is 245 g/mol. The molecule has 0 aliphatic heterocycles. The van der Waals surface area contributed by atoms with E-state index in [1.54, 1.807) is 0 Å². The lowest BCUT2D eigenvalue weighted by Gasteiger charge is -2.11. The van der Waals surface area contributed by atoms with Gasteiger partial charge in [-0.05, 0) is 12.8 Å². The Morgan fingerprint density at radius 3 is 2.31 bits per heavy atom. The molecule has 1 aromatic rings. The maximum Gasteiger partial charge on any atom is 0.143 e. The van der Waals surface area contributed by atoms with E-state index in [4.69, 9.17) is 0 Å². The van der Waals surface area contributed by atoms with Crippen LogP contribution in [-0.2, 0) is 12.4 Å². The van der Waals surface area contributed by atoms with Gasteiger partial charge >= 0.3 is 0 Å². The fourth-order valence-corrected chi connectivity index (χ4v) is 1.99. The van der Waals surface area contributed by atoms with Crippen LogP contribution in [0, 0.1) is 0 Å². The van der Waals surface area contributed by atoms with E-state index in [0.717, 1.165) is 29.8 Å². The summed E-state index contributed by atoms with van der Waals surface area (Å²) in [5.41, 5.74) is 0. The third kappa shape index (κ3) is 2.10. The van der Waals surface area contributed by atoms with Gasteiger partial charge in [-0.1, -0.05) is 29.8 Å². The van der Waals surface area contributed by atoms with Crippen LogP contribution in [0.25, 0.3) is 0 Å². The van der Waals surface area contributed by atoms with Gasteiger partial charge < -0.3 is 4.57 Å². The fraction of sp³-hybridized carbons (Fsp3) is 0.778. The van der Waals surface area contributed by atoms with Crippen molar-refractivity contribution < 1.29 is 0 Å². The van der Waals surface area contributed by atoms with E-state index in [0.29, 0.717) is 5.92 Å². The molecule has 1 aromatic heterocycles. The van der Waals surface area contributed by atoms with Crippen LogP contribution in [0.4, 0.5) is 0 Å². The highest BCUT2D eigenvalue weighted by atomic mass is 79.9. The van der Waals surface area contributed by atoms with Gasteiger partial charge in [-0.25, -0.2) is 0 Å². The van der Waals surface area contributed by atoms with Crippen LogP contribution < -0.4 is 0 Å². The minimum atomic E-state index is 0.547. The second-order valence-electron chi connectivity index (χ2n) is 3.18. The van der Waals surface area contributed by atoms with Crippen molar-refractivity contribution in [2.45, 2.75) is 37.9 Å². The van der Waals surface area contributed by atoms with Gasteiger partial charge in [0.2, 0.25) is 0 Å². The normalized spacial score (nSPS) is 11.2. The first-order valence-corrected chi connectivity index (χ1v) is 5.80. The number of halogens is 1.